The minimum absolute atomic E-state index is 0.816. The fourth-order valence-electron chi connectivity index (χ4n) is 1.95. The fraction of sp³-hybridized carbons (Fsp3) is 0.882. The second-order valence-corrected chi connectivity index (χ2v) is 7.34. The van der Waals surface area contributed by atoms with E-state index in [9.17, 15) is 0 Å². The summed E-state index contributed by atoms with van der Waals surface area (Å²) < 4.78 is 0. The number of rotatable bonds is 13. The standard InChI is InChI=1S/C17H34S2/c1-5-9-12-16(8-4)17(19-14-11-7-3)15-18-13-10-6-2/h15-16H,5-14H2,1-4H3/b17-15-. The zero-order valence-electron chi connectivity index (χ0n) is 13.5. The smallest absolute Gasteiger partial charge is 0.00231 e. The molecule has 0 aromatic heterocycles. The van der Waals surface area contributed by atoms with Gasteiger partial charge in [0.1, 0.15) is 0 Å². The first kappa shape index (κ1) is 19.4. The summed E-state index contributed by atoms with van der Waals surface area (Å²) in [5.41, 5.74) is 0. The van der Waals surface area contributed by atoms with Crippen molar-refractivity contribution >= 4 is 23.5 Å². The van der Waals surface area contributed by atoms with Crippen LogP contribution < -0.4 is 0 Å². The van der Waals surface area contributed by atoms with Gasteiger partial charge in [-0.15, -0.1) is 23.5 Å². The SMILES string of the molecule is CCCCS/C=C(\SCCCC)C(CC)CCCC. The second-order valence-electron chi connectivity index (χ2n) is 5.19. The van der Waals surface area contributed by atoms with E-state index in [1.807, 2.05) is 11.8 Å². The third-order valence-corrected chi connectivity index (χ3v) is 5.75. The summed E-state index contributed by atoms with van der Waals surface area (Å²) >= 11 is 4.17. The van der Waals surface area contributed by atoms with Crippen molar-refractivity contribution in [3.8, 4) is 0 Å². The highest BCUT2D eigenvalue weighted by atomic mass is 32.2. The van der Waals surface area contributed by atoms with Gasteiger partial charge >= 0.3 is 0 Å². The van der Waals surface area contributed by atoms with Gasteiger partial charge in [0.2, 0.25) is 0 Å². The molecule has 0 aromatic rings. The molecule has 0 fully saturated rings. The van der Waals surface area contributed by atoms with E-state index in [0.717, 1.165) is 5.92 Å². The summed E-state index contributed by atoms with van der Waals surface area (Å²) in [6, 6.07) is 0. The Labute approximate surface area is 130 Å². The van der Waals surface area contributed by atoms with E-state index in [-0.39, 0.29) is 0 Å². The van der Waals surface area contributed by atoms with Crippen molar-refractivity contribution in [3.05, 3.63) is 10.3 Å². The zero-order chi connectivity index (χ0) is 14.3. The first-order valence-electron chi connectivity index (χ1n) is 8.24. The van der Waals surface area contributed by atoms with E-state index < -0.39 is 0 Å². The van der Waals surface area contributed by atoms with Gasteiger partial charge in [0, 0.05) is 0 Å². The maximum absolute atomic E-state index is 2.49. The Bertz CT molecular complexity index is 211. The number of unbranched alkanes of at least 4 members (excludes halogenated alkanes) is 3. The lowest BCUT2D eigenvalue weighted by Gasteiger charge is -2.18. The van der Waals surface area contributed by atoms with E-state index in [1.54, 1.807) is 4.91 Å². The van der Waals surface area contributed by atoms with E-state index in [2.05, 4.69) is 44.9 Å². The maximum atomic E-state index is 2.49. The minimum Gasteiger partial charge on any atom is -0.133 e. The first-order chi connectivity index (χ1) is 9.29. The number of hydrogen-bond acceptors (Lipinski definition) is 2. The Balaban J connectivity index is 4.33. The highest BCUT2D eigenvalue weighted by Gasteiger charge is 2.12. The first-order valence-corrected chi connectivity index (χ1v) is 10.3. The summed E-state index contributed by atoms with van der Waals surface area (Å²) in [5, 5.41) is 2.49. The molecule has 0 aliphatic rings. The van der Waals surface area contributed by atoms with Crippen LogP contribution in [-0.2, 0) is 0 Å². The van der Waals surface area contributed by atoms with E-state index in [1.165, 1.54) is 62.9 Å². The molecule has 0 saturated carbocycles. The average Bonchev–Trinajstić information content (AvgIpc) is 2.43. The molecule has 0 radical (unpaired) electrons. The number of thioether (sulfide) groups is 2. The monoisotopic (exact) mass is 302 g/mol. The fourth-order valence-corrected chi connectivity index (χ4v) is 4.54. The molecule has 0 spiro atoms. The molecule has 0 rings (SSSR count). The van der Waals surface area contributed by atoms with Crippen LogP contribution >= 0.6 is 23.5 Å². The Kier molecular flexibility index (Phi) is 15.2. The van der Waals surface area contributed by atoms with Crippen molar-refractivity contribution in [3.63, 3.8) is 0 Å². The van der Waals surface area contributed by atoms with Crippen molar-refractivity contribution in [2.45, 2.75) is 79.1 Å². The van der Waals surface area contributed by atoms with Crippen LogP contribution in [0.15, 0.2) is 10.3 Å². The second kappa shape index (κ2) is 14.8. The summed E-state index contributed by atoms with van der Waals surface area (Å²) in [6.07, 6.45) is 10.7. The highest BCUT2D eigenvalue weighted by Crippen LogP contribution is 2.33. The van der Waals surface area contributed by atoms with Crippen LogP contribution in [0.4, 0.5) is 0 Å². The van der Waals surface area contributed by atoms with Gasteiger partial charge in [0.15, 0.2) is 0 Å². The predicted octanol–water partition coefficient (Wildman–Crippen LogP) is 7.11. The third-order valence-electron chi connectivity index (χ3n) is 3.38. The molecule has 0 amide bonds. The van der Waals surface area contributed by atoms with E-state index in [0.29, 0.717) is 0 Å². The molecule has 1 unspecified atom stereocenters. The molecule has 0 saturated heterocycles. The highest BCUT2D eigenvalue weighted by molar-refractivity contribution is 8.06. The van der Waals surface area contributed by atoms with Crippen molar-refractivity contribution in [2.75, 3.05) is 11.5 Å². The lowest BCUT2D eigenvalue weighted by Crippen LogP contribution is -2.01. The molecule has 0 heterocycles. The predicted molar refractivity (Wildman–Crippen MR) is 96.1 cm³/mol. The van der Waals surface area contributed by atoms with Gasteiger partial charge < -0.3 is 0 Å². The van der Waals surface area contributed by atoms with Crippen molar-refractivity contribution in [1.29, 1.82) is 0 Å². The van der Waals surface area contributed by atoms with Crippen LogP contribution in [0.1, 0.15) is 79.1 Å². The molecule has 19 heavy (non-hydrogen) atoms. The molecule has 0 aliphatic carbocycles. The van der Waals surface area contributed by atoms with Crippen LogP contribution in [0, 0.1) is 5.92 Å². The topological polar surface area (TPSA) is 0 Å². The van der Waals surface area contributed by atoms with Gasteiger partial charge in [0.25, 0.3) is 0 Å². The van der Waals surface area contributed by atoms with Gasteiger partial charge in [-0.2, -0.15) is 0 Å². The maximum Gasteiger partial charge on any atom is -0.00231 e. The van der Waals surface area contributed by atoms with Crippen LogP contribution in [0.5, 0.6) is 0 Å². The molecule has 0 aliphatic heterocycles. The Hall–Kier alpha value is 0.440. The molecule has 0 aromatic carbocycles. The van der Waals surface area contributed by atoms with Crippen molar-refractivity contribution in [1.82, 2.24) is 0 Å². The van der Waals surface area contributed by atoms with Gasteiger partial charge in [-0.1, -0.05) is 53.4 Å². The van der Waals surface area contributed by atoms with Crippen molar-refractivity contribution in [2.24, 2.45) is 5.92 Å². The minimum atomic E-state index is 0.816. The summed E-state index contributed by atoms with van der Waals surface area (Å²) in [5.74, 6) is 3.41. The molecule has 0 N–H and O–H groups in total. The van der Waals surface area contributed by atoms with Gasteiger partial charge in [-0.05, 0) is 53.4 Å². The molecule has 2 heteroatoms. The molecule has 0 bridgehead atoms. The quantitative estimate of drug-likeness (QED) is 0.332. The molecular weight excluding hydrogens is 268 g/mol. The Morgan fingerprint density at radius 3 is 2.11 bits per heavy atom. The Morgan fingerprint density at radius 1 is 0.895 bits per heavy atom. The summed E-state index contributed by atoms with van der Waals surface area (Å²) in [4.78, 5) is 1.67. The van der Waals surface area contributed by atoms with E-state index in [4.69, 9.17) is 0 Å². The third kappa shape index (κ3) is 10.8. The average molecular weight is 303 g/mol. The molecule has 0 nitrogen and oxygen atoms in total. The van der Waals surface area contributed by atoms with Gasteiger partial charge in [-0.3, -0.25) is 0 Å². The number of hydrogen-bond donors (Lipinski definition) is 0. The van der Waals surface area contributed by atoms with E-state index >= 15 is 0 Å². The zero-order valence-corrected chi connectivity index (χ0v) is 15.2. The molecule has 1 atom stereocenters. The number of allylic oxidation sites excluding steroid dienone is 1. The lowest BCUT2D eigenvalue weighted by molar-refractivity contribution is 0.534. The summed E-state index contributed by atoms with van der Waals surface area (Å²) in [6.45, 7) is 9.22. The van der Waals surface area contributed by atoms with Crippen LogP contribution in [0.25, 0.3) is 0 Å². The summed E-state index contributed by atoms with van der Waals surface area (Å²) in [7, 11) is 0. The molecular formula is C17H34S2. The van der Waals surface area contributed by atoms with Crippen molar-refractivity contribution < 1.29 is 0 Å². The van der Waals surface area contributed by atoms with Gasteiger partial charge in [-0.25, -0.2) is 0 Å². The lowest BCUT2D eigenvalue weighted by atomic mass is 9.99. The largest absolute Gasteiger partial charge is 0.133 e. The normalized spacial score (nSPS) is 13.8. The van der Waals surface area contributed by atoms with Crippen LogP contribution in [0.3, 0.4) is 0 Å². The van der Waals surface area contributed by atoms with Gasteiger partial charge in [0.05, 0.1) is 0 Å². The van der Waals surface area contributed by atoms with Crippen LogP contribution in [-0.4, -0.2) is 11.5 Å². The molecule has 114 valence electrons. The Morgan fingerprint density at radius 2 is 1.53 bits per heavy atom. The van der Waals surface area contributed by atoms with Crippen LogP contribution in [0.2, 0.25) is 0 Å².